The van der Waals surface area contributed by atoms with E-state index in [-0.39, 0.29) is 118 Å². The molecule has 1 unspecified atom stereocenters. The second-order valence-corrected chi connectivity index (χ2v) is 42.8. The Hall–Kier alpha value is -10.2. The first-order valence-corrected chi connectivity index (χ1v) is 47.5. The Labute approximate surface area is 727 Å². The van der Waals surface area contributed by atoms with Crippen molar-refractivity contribution in [1.29, 1.82) is 0 Å². The molecular weight excluding hydrogens is 1790 g/mol. The molecule has 5 aliphatic rings. The fraction of sp³-hybridized carbons (Fsp3) is 0.333. The van der Waals surface area contributed by atoms with E-state index < -0.39 is 193 Å². The molecule has 5 aliphatic carbocycles. The number of aliphatic hydroxyl groups excluding tert-OH is 2. The van der Waals surface area contributed by atoms with Crippen molar-refractivity contribution in [1.82, 2.24) is 0 Å². The van der Waals surface area contributed by atoms with E-state index >= 15 is 0 Å². The second kappa shape index (κ2) is 39.0. The van der Waals surface area contributed by atoms with Gasteiger partial charge in [0.25, 0.3) is 0 Å². The largest absolute Gasteiger partial charge is 0.394 e. The predicted octanol–water partition coefficient (Wildman–Crippen LogP) is 19.3. The first kappa shape index (κ1) is 97.4. The zero-order chi connectivity index (χ0) is 93.1. The number of hydrogen-bond donors (Lipinski definition) is 7. The van der Waals surface area contributed by atoms with Crippen LogP contribution in [0.1, 0.15) is 167 Å². The molecule has 127 heavy (non-hydrogen) atoms. The van der Waals surface area contributed by atoms with Crippen LogP contribution in [-0.2, 0) is 82.2 Å². The third kappa shape index (κ3) is 24.0. The van der Waals surface area contributed by atoms with Gasteiger partial charge in [-0.25, -0.2) is 108 Å². The van der Waals surface area contributed by atoms with E-state index in [0.29, 0.717) is 73.6 Å². The van der Waals surface area contributed by atoms with Crippen molar-refractivity contribution in [2.75, 3.05) is 30.2 Å². The van der Waals surface area contributed by atoms with E-state index in [4.69, 9.17) is 5.11 Å². The maximum absolute atomic E-state index is 14.5. The monoisotopic (exact) mass is 1880 g/mol. The summed E-state index contributed by atoms with van der Waals surface area (Å²) in [5.74, 6) is -15.5. The Balaban J connectivity index is 0.000000154. The van der Waals surface area contributed by atoms with Crippen LogP contribution >= 0.6 is 0 Å². The number of nitrogens with one attached hydrogen (secondary N) is 5. The Bertz CT molecular complexity index is 6330. The van der Waals surface area contributed by atoms with Crippen molar-refractivity contribution in [3.05, 3.63) is 322 Å². The van der Waals surface area contributed by atoms with Crippen molar-refractivity contribution in [3.63, 3.8) is 0 Å². The molecule has 0 bridgehead atoms. The molecule has 7 N–H and O–H groups in total. The SMILES string of the molecule is Cc1ccc(Cc2c(F)c(F)cc(F)c2NS(=O)(=O)C2CC2)c(F)c1.Cc1ccc(Cc2c(NS(=O)(=O)C3(C)CC3)ccc(F)c2F)c(F)c1.Cc1ccc(Cc2c(NS(=O)(=O)C3(CC(O)CO)CC3)ccc(F)c2F)c(F)c1.Cc1ccc(Cc2c(NS(=O)(=O)C3CC3)ccc(F)c2F)c(C)c1.Cc1ccc(Cc2c(NS(=O)(=O)C3CC3)ccc(F)c2F)c(F)c1. The summed E-state index contributed by atoms with van der Waals surface area (Å²) in [4.78, 5) is 0. The fourth-order valence-corrected chi connectivity index (χ4v) is 20.9. The zero-order valence-electron chi connectivity index (χ0n) is 69.4. The molecule has 0 spiro atoms. The average Bonchev–Trinajstić information content (AvgIpc) is 1.42. The summed E-state index contributed by atoms with van der Waals surface area (Å²) in [5.41, 5.74) is 3.83. The summed E-state index contributed by atoms with van der Waals surface area (Å²) in [5, 5.41) is 17.0. The Morgan fingerprint density at radius 3 is 0.906 bits per heavy atom. The molecule has 682 valence electrons. The predicted molar refractivity (Wildman–Crippen MR) is 455 cm³/mol. The molecule has 0 aliphatic heterocycles. The summed E-state index contributed by atoms with van der Waals surface area (Å²) >= 11 is 0. The maximum Gasteiger partial charge on any atom is 0.238 e. The van der Waals surface area contributed by atoms with Crippen molar-refractivity contribution in [2.24, 2.45) is 0 Å². The lowest BCUT2D eigenvalue weighted by atomic mass is 9.97. The molecule has 5 fully saturated rings. The van der Waals surface area contributed by atoms with Crippen LogP contribution in [0.4, 0.5) is 94.3 Å². The van der Waals surface area contributed by atoms with Gasteiger partial charge in [0.2, 0.25) is 50.1 Å². The lowest BCUT2D eigenvalue weighted by Gasteiger charge is -2.21. The van der Waals surface area contributed by atoms with Gasteiger partial charge in [0.15, 0.2) is 64.0 Å². The van der Waals surface area contributed by atoms with Crippen molar-refractivity contribution < 1.29 is 118 Å². The van der Waals surface area contributed by atoms with Gasteiger partial charge in [0.05, 0.1) is 66.4 Å². The molecular formula is C90H90F15N5O12S5. The summed E-state index contributed by atoms with van der Waals surface area (Å²) in [6.45, 7) is 11.6. The molecule has 0 heterocycles. The molecule has 0 saturated heterocycles. The number of aliphatic hydroxyl groups is 2. The Morgan fingerprint density at radius 1 is 0.323 bits per heavy atom. The van der Waals surface area contributed by atoms with E-state index in [9.17, 15) is 113 Å². The van der Waals surface area contributed by atoms with E-state index in [0.717, 1.165) is 47.0 Å². The minimum absolute atomic E-state index is 0.00127. The standard InChI is InChI=1S/C20H22F3NO4S.C18H18F3NO2S.C18H19F2NO2S.C17H15F4NO2S.C17H16F3NO2S/c1-12-2-3-13(17(22)8-12)9-15-18(5-4-16(21)19(15)23)24-29(27,28)20(6-7-20)10-14(26)11-25;1-11-3-4-12(15(20)9-11)10-13-16(6-5-14(19)17(13)21)22-25(23,24)18(2)7-8-18;1-11-3-4-13(12(2)9-11)10-15-17(8-7-16(19)18(15)20)21-24(22,23)14-5-6-14;1-9-2-3-10(13(18)6-9)7-12-16(21)14(19)8-15(20)17(12)22-25(23,24)11-4-5-11;1-10-2-3-11(15(19)8-10)9-13-16(7-6-14(18)17(13)20)21-24(22,23)12-4-5-12/h2-5,8,14,24-26H,6-7,9-11H2,1H3;3-6,9,22H,7-8,10H2,1-2H3;3-4,7-9,14,21H,5-6,10H2,1-2H3;2-3,6,8,11,22H,4-5,7H2,1H3;2-3,6-8,12,21H,4-5,9H2,1H3. The number of halogens is 15. The molecule has 37 heteroatoms. The van der Waals surface area contributed by atoms with E-state index in [1.807, 2.05) is 36.8 Å². The van der Waals surface area contributed by atoms with Gasteiger partial charge in [0, 0.05) is 66.0 Å². The van der Waals surface area contributed by atoms with Gasteiger partial charge in [-0.15, -0.1) is 0 Å². The van der Waals surface area contributed by atoms with Crippen LogP contribution in [0.3, 0.4) is 0 Å². The van der Waals surface area contributed by atoms with Crippen LogP contribution in [0.15, 0.2) is 146 Å². The number of sulfonamides is 5. The molecule has 15 rings (SSSR count). The highest BCUT2D eigenvalue weighted by molar-refractivity contribution is 7.95. The maximum atomic E-state index is 14.5. The molecule has 0 aromatic heterocycles. The van der Waals surface area contributed by atoms with Crippen LogP contribution in [-0.4, -0.2) is 90.3 Å². The number of hydrogen-bond acceptors (Lipinski definition) is 12. The molecule has 17 nitrogen and oxygen atoms in total. The number of rotatable bonds is 28. The van der Waals surface area contributed by atoms with Gasteiger partial charge in [-0.05, 0) is 248 Å². The van der Waals surface area contributed by atoms with E-state index in [1.165, 1.54) is 66.7 Å². The Kier molecular flexibility index (Phi) is 29.9. The molecule has 0 radical (unpaired) electrons. The van der Waals surface area contributed by atoms with Gasteiger partial charge in [0.1, 0.15) is 23.3 Å². The zero-order valence-corrected chi connectivity index (χ0v) is 73.5. The molecule has 5 saturated carbocycles. The smallest absolute Gasteiger partial charge is 0.238 e. The third-order valence-electron chi connectivity index (χ3n) is 22.1. The highest BCUT2D eigenvalue weighted by Crippen LogP contribution is 2.49. The minimum atomic E-state index is -4.07. The van der Waals surface area contributed by atoms with Gasteiger partial charge in [-0.2, -0.15) is 0 Å². The van der Waals surface area contributed by atoms with Crippen LogP contribution in [0, 0.1) is 129 Å². The van der Waals surface area contributed by atoms with Crippen LogP contribution in [0.25, 0.3) is 0 Å². The normalized spacial score (nSPS) is 15.3. The number of benzene rings is 10. The summed E-state index contributed by atoms with van der Waals surface area (Å²) in [6, 6.07) is 31.5. The second-order valence-electron chi connectivity index (χ2n) is 32.7. The molecule has 10 aromatic rings. The minimum Gasteiger partial charge on any atom is -0.394 e. The van der Waals surface area contributed by atoms with Gasteiger partial charge in [-0.3, -0.25) is 23.6 Å². The first-order valence-electron chi connectivity index (χ1n) is 39.9. The first-order chi connectivity index (χ1) is 59.4. The quantitative estimate of drug-likeness (QED) is 0.0178. The number of aryl methyl sites for hydroxylation is 6. The summed E-state index contributed by atoms with van der Waals surface area (Å²) < 4.78 is 343. The summed E-state index contributed by atoms with van der Waals surface area (Å²) in [7, 11) is -18.9. The van der Waals surface area contributed by atoms with Crippen molar-refractivity contribution in [3.8, 4) is 0 Å². The van der Waals surface area contributed by atoms with Crippen molar-refractivity contribution in [2.45, 2.75) is 183 Å². The molecule has 1 atom stereocenters. The van der Waals surface area contributed by atoms with Gasteiger partial charge >= 0.3 is 0 Å². The number of anilines is 5. The van der Waals surface area contributed by atoms with Crippen LogP contribution < -0.4 is 23.6 Å². The van der Waals surface area contributed by atoms with Crippen LogP contribution in [0.5, 0.6) is 0 Å². The fourth-order valence-electron chi connectivity index (χ4n) is 13.6. The highest BCUT2D eigenvalue weighted by atomic mass is 32.2. The lowest BCUT2D eigenvalue weighted by Crippen LogP contribution is -2.34. The Morgan fingerprint density at radius 2 is 0.606 bits per heavy atom. The van der Waals surface area contributed by atoms with Crippen LogP contribution in [0.2, 0.25) is 0 Å². The van der Waals surface area contributed by atoms with Gasteiger partial charge < -0.3 is 10.2 Å². The summed E-state index contributed by atoms with van der Waals surface area (Å²) in [6.07, 6.45) is 2.07. The van der Waals surface area contributed by atoms with E-state index in [1.54, 1.807) is 58.9 Å². The van der Waals surface area contributed by atoms with E-state index in [2.05, 4.69) is 18.9 Å². The molecule has 10 aromatic carbocycles. The topological polar surface area (TPSA) is 271 Å². The highest BCUT2D eigenvalue weighted by Gasteiger charge is 2.56. The average molecular weight is 1880 g/mol. The van der Waals surface area contributed by atoms with Gasteiger partial charge in [-0.1, -0.05) is 72.3 Å². The van der Waals surface area contributed by atoms with Crippen molar-refractivity contribution >= 4 is 78.6 Å². The lowest BCUT2D eigenvalue weighted by molar-refractivity contribution is 0.0858. The third-order valence-corrected chi connectivity index (χ3v) is 32.1. The molecule has 0 amide bonds.